The molecule has 46 heavy (non-hydrogen) atoms. The highest BCUT2D eigenvalue weighted by molar-refractivity contribution is 7.67. The number of ether oxygens (including phenoxy) is 3. The number of esters is 3. The van der Waals surface area contributed by atoms with E-state index in [9.17, 15) is 43.4 Å². The molecule has 0 saturated carbocycles. The Morgan fingerprint density at radius 2 is 1.15 bits per heavy atom. The maximum absolute atomic E-state index is 12.9. The molecule has 4 atom stereocenters. The number of aliphatic carboxylic acids is 1. The Morgan fingerprint density at radius 3 is 1.63 bits per heavy atom. The molecule has 0 saturated heterocycles. The molecule has 0 radical (unpaired) electrons. The molecule has 2 aromatic rings. The van der Waals surface area contributed by atoms with Crippen molar-refractivity contribution in [2.45, 2.75) is 25.0 Å². The molecule has 0 fully saturated rings. The summed E-state index contributed by atoms with van der Waals surface area (Å²) in [5.74, 6) is -3.20. The van der Waals surface area contributed by atoms with Crippen LogP contribution in [0.2, 0.25) is 0 Å². The van der Waals surface area contributed by atoms with E-state index in [1.165, 1.54) is 12.1 Å². The second-order valence-electron chi connectivity index (χ2n) is 9.34. The van der Waals surface area contributed by atoms with Crippen LogP contribution in [0.4, 0.5) is 0 Å². The van der Waals surface area contributed by atoms with Crippen molar-refractivity contribution >= 4 is 49.2 Å². The van der Waals surface area contributed by atoms with Gasteiger partial charge in [-0.1, -0.05) is 49.6 Å². The zero-order valence-corrected chi connectivity index (χ0v) is 26.7. The zero-order chi connectivity index (χ0) is 34.6. The predicted molar refractivity (Wildman–Crippen MR) is 167 cm³/mol. The third-order valence-electron chi connectivity index (χ3n) is 5.63. The number of carbonyl (C=O) groups is 4. The molecule has 0 aromatic heterocycles. The molecule has 0 aliphatic heterocycles. The highest BCUT2D eigenvalue weighted by atomic mass is 31.2. The van der Waals surface area contributed by atoms with Gasteiger partial charge in [0.15, 0.2) is 0 Å². The molecule has 0 aliphatic carbocycles. The minimum atomic E-state index is -3.62. The molecule has 0 amide bonds. The fourth-order valence-corrected chi connectivity index (χ4v) is 6.68. The topological polar surface area (TPSA) is 220 Å². The van der Waals surface area contributed by atoms with E-state index >= 15 is 0 Å². The van der Waals surface area contributed by atoms with Gasteiger partial charge < -0.3 is 38.9 Å². The predicted octanol–water partition coefficient (Wildman–Crippen LogP) is 1.78. The highest BCUT2D eigenvalue weighted by Crippen LogP contribution is 2.46. The van der Waals surface area contributed by atoms with Crippen LogP contribution in [0.3, 0.4) is 0 Å². The van der Waals surface area contributed by atoms with Crippen LogP contribution in [0.5, 0.6) is 0 Å². The number of benzene rings is 2. The minimum absolute atomic E-state index is 0.189. The Hall–Kier alpha value is -3.90. The Bertz CT molecular complexity index is 1380. The quantitative estimate of drug-likeness (QED) is 0.0718. The Morgan fingerprint density at radius 1 is 0.696 bits per heavy atom. The summed E-state index contributed by atoms with van der Waals surface area (Å²) in [4.78, 5) is 53.9. The summed E-state index contributed by atoms with van der Waals surface area (Å²) in [6, 6.07) is 16.2. The summed E-state index contributed by atoms with van der Waals surface area (Å²) in [7, 11) is -7.06. The van der Waals surface area contributed by atoms with E-state index < -0.39 is 50.8 Å². The Kier molecular flexibility index (Phi) is 18.3. The lowest BCUT2D eigenvalue weighted by Gasteiger charge is -2.20. The van der Waals surface area contributed by atoms with E-state index in [4.69, 9.17) is 14.4 Å². The van der Waals surface area contributed by atoms with Crippen molar-refractivity contribution in [1.29, 1.82) is 0 Å². The first kappa shape index (κ1) is 40.1. The monoisotopic (exact) mass is 684 g/mol. The second kappa shape index (κ2) is 21.0. The molecule has 252 valence electrons. The Balaban J connectivity index is 0.000000460. The van der Waals surface area contributed by atoms with E-state index in [1.807, 2.05) is 0 Å². The first-order valence-electron chi connectivity index (χ1n) is 13.7. The second-order valence-corrected chi connectivity index (χ2v) is 14.3. The van der Waals surface area contributed by atoms with Crippen molar-refractivity contribution in [1.82, 2.24) is 0 Å². The molecule has 16 heteroatoms. The lowest BCUT2D eigenvalue weighted by atomic mass is 10.4. The van der Waals surface area contributed by atoms with Crippen molar-refractivity contribution in [3.63, 3.8) is 0 Å². The molecule has 0 heterocycles. The minimum Gasteiger partial charge on any atom is -0.481 e. The van der Waals surface area contributed by atoms with Gasteiger partial charge in [0, 0.05) is 35.1 Å². The van der Waals surface area contributed by atoms with Crippen LogP contribution in [0.1, 0.15) is 12.8 Å². The maximum Gasteiger partial charge on any atom is 0.330 e. The standard InChI is InChI=1S/2C15H19O7P/c1-2-15(19)21-10-12(16)11-22-23(20,9-8-14(17)18)13-6-4-3-5-7-13;1-2-14(17)21-10-12(16)11-22-15(18)8-9-23(19,20)13-6-4-3-5-7-13/h2-7,12,16H,1,8-11H2,(H,17,18);2-7,12,16H,1,8-11H2,(H,19,20). The lowest BCUT2D eigenvalue weighted by Crippen LogP contribution is -2.25. The molecule has 14 nitrogen and oxygen atoms in total. The van der Waals surface area contributed by atoms with E-state index in [-0.39, 0.29) is 56.9 Å². The fraction of sp³-hybridized carbons (Fsp3) is 0.333. The van der Waals surface area contributed by atoms with Crippen molar-refractivity contribution in [2.75, 3.05) is 38.8 Å². The summed E-state index contributed by atoms with van der Waals surface area (Å²) >= 11 is 0. The van der Waals surface area contributed by atoms with Crippen LogP contribution in [0.15, 0.2) is 86.0 Å². The van der Waals surface area contributed by atoms with Gasteiger partial charge in [-0.05, 0) is 24.3 Å². The first-order chi connectivity index (χ1) is 21.7. The van der Waals surface area contributed by atoms with Crippen molar-refractivity contribution in [3.8, 4) is 0 Å². The van der Waals surface area contributed by atoms with Crippen LogP contribution >= 0.6 is 14.7 Å². The van der Waals surface area contributed by atoms with E-state index in [1.54, 1.807) is 48.5 Å². The number of carboxylic acids is 1. The number of aliphatic hydroxyl groups excluding tert-OH is 2. The number of carbonyl (C=O) groups excluding carboxylic acids is 3. The molecule has 2 aromatic carbocycles. The average Bonchev–Trinajstić information content (AvgIpc) is 3.06. The largest absolute Gasteiger partial charge is 0.481 e. The van der Waals surface area contributed by atoms with Gasteiger partial charge in [0.1, 0.15) is 32.0 Å². The number of rotatable bonds is 19. The van der Waals surface area contributed by atoms with E-state index in [2.05, 4.69) is 22.6 Å². The number of hydrogen-bond acceptors (Lipinski definition) is 12. The molecular weight excluding hydrogens is 646 g/mol. The molecular formula is C30H38O14P2. The number of carboxylic acid groups (broad SMARTS) is 1. The van der Waals surface area contributed by atoms with Crippen molar-refractivity contribution in [2.24, 2.45) is 0 Å². The van der Waals surface area contributed by atoms with Gasteiger partial charge in [0.05, 0.1) is 19.4 Å². The van der Waals surface area contributed by atoms with Gasteiger partial charge >= 0.3 is 23.9 Å². The van der Waals surface area contributed by atoms with Gasteiger partial charge in [0.2, 0.25) is 14.7 Å². The molecule has 0 spiro atoms. The van der Waals surface area contributed by atoms with Gasteiger partial charge in [-0.15, -0.1) is 0 Å². The average molecular weight is 685 g/mol. The van der Waals surface area contributed by atoms with Gasteiger partial charge in [0.25, 0.3) is 0 Å². The molecule has 0 aliphatic rings. The summed E-state index contributed by atoms with van der Waals surface area (Å²) in [5.41, 5.74) is 0. The zero-order valence-electron chi connectivity index (χ0n) is 24.9. The Labute approximate surface area is 266 Å². The number of aliphatic hydroxyl groups is 2. The normalized spacial score (nSPS) is 14.4. The highest BCUT2D eigenvalue weighted by Gasteiger charge is 2.28. The van der Waals surface area contributed by atoms with Crippen molar-refractivity contribution in [3.05, 3.63) is 86.0 Å². The van der Waals surface area contributed by atoms with Crippen LogP contribution in [-0.4, -0.2) is 95.0 Å². The summed E-state index contributed by atoms with van der Waals surface area (Å²) in [6.07, 6.45) is -1.48. The third kappa shape index (κ3) is 16.4. The summed E-state index contributed by atoms with van der Waals surface area (Å²) in [5, 5.41) is 28.6. The third-order valence-corrected chi connectivity index (χ3v) is 10.0. The molecule has 4 N–H and O–H groups in total. The van der Waals surface area contributed by atoms with Gasteiger partial charge in [-0.3, -0.25) is 18.7 Å². The maximum atomic E-state index is 12.9. The fourth-order valence-electron chi connectivity index (χ4n) is 3.24. The SMILES string of the molecule is C=CC(=O)OCC(O)COC(=O)CCP(=O)(O)c1ccccc1.C=CC(=O)OCC(O)COP(=O)(CCC(=O)O)c1ccccc1. The molecule has 2 rings (SSSR count). The number of hydrogen-bond donors (Lipinski definition) is 4. The van der Waals surface area contributed by atoms with Crippen LogP contribution in [0.25, 0.3) is 0 Å². The lowest BCUT2D eigenvalue weighted by molar-refractivity contribution is -0.149. The first-order valence-corrected chi connectivity index (χ1v) is 17.4. The van der Waals surface area contributed by atoms with E-state index in [0.29, 0.717) is 5.30 Å². The van der Waals surface area contributed by atoms with Crippen LogP contribution < -0.4 is 10.6 Å². The molecule has 0 bridgehead atoms. The molecule has 4 unspecified atom stereocenters. The summed E-state index contributed by atoms with van der Waals surface area (Å²) < 4.78 is 44.3. The van der Waals surface area contributed by atoms with Crippen LogP contribution in [0, 0.1) is 0 Å². The van der Waals surface area contributed by atoms with Gasteiger partial charge in [-0.25, -0.2) is 9.59 Å². The van der Waals surface area contributed by atoms with Gasteiger partial charge in [-0.2, -0.15) is 0 Å². The van der Waals surface area contributed by atoms with Crippen LogP contribution in [-0.2, 0) is 47.0 Å². The summed E-state index contributed by atoms with van der Waals surface area (Å²) in [6.45, 7) is 5.02. The van der Waals surface area contributed by atoms with Crippen molar-refractivity contribution < 1.29 is 67.3 Å². The van der Waals surface area contributed by atoms with E-state index in [0.717, 1.165) is 12.2 Å². The smallest absolute Gasteiger partial charge is 0.330 e.